The molecule has 3 aliphatic heterocycles. The Morgan fingerprint density at radius 3 is 2.66 bits per heavy atom. The molecule has 282 valence electrons. The molecular formula is C44H55N3O6. The van der Waals surface area contributed by atoms with Crippen LogP contribution in [0.25, 0.3) is 16.6 Å². The summed E-state index contributed by atoms with van der Waals surface area (Å²) < 4.78 is 26.6. The molecule has 0 spiro atoms. The molecule has 3 aliphatic rings. The Morgan fingerprint density at radius 2 is 1.85 bits per heavy atom. The summed E-state index contributed by atoms with van der Waals surface area (Å²) in [5.41, 5.74) is 5.39. The number of rotatable bonds is 9. The number of aliphatic hydroxyl groups excluding tert-OH is 1. The molecule has 4 N–H and O–H groups in total. The van der Waals surface area contributed by atoms with Gasteiger partial charge in [0, 0.05) is 54.5 Å². The normalized spacial score (nSPS) is 22.1. The highest BCUT2D eigenvalue weighted by Gasteiger charge is 2.37. The maximum Gasteiger partial charge on any atom is 0.161 e. The van der Waals surface area contributed by atoms with Crippen molar-refractivity contribution >= 4 is 16.6 Å². The second-order valence-electron chi connectivity index (χ2n) is 14.8. The number of hydrogen-bond acceptors (Lipinski definition) is 8. The number of benzene rings is 3. The minimum Gasteiger partial charge on any atom is -0.504 e. The number of dihydropyridines is 1. The van der Waals surface area contributed by atoms with E-state index in [0.717, 1.165) is 71.8 Å². The van der Waals surface area contributed by atoms with Gasteiger partial charge in [0.25, 0.3) is 0 Å². The molecule has 0 saturated carbocycles. The van der Waals surface area contributed by atoms with Gasteiger partial charge in [-0.15, -0.1) is 0 Å². The van der Waals surface area contributed by atoms with Crippen LogP contribution in [0, 0.1) is 0 Å². The van der Waals surface area contributed by atoms with Crippen molar-refractivity contribution in [3.63, 3.8) is 0 Å². The van der Waals surface area contributed by atoms with Crippen LogP contribution < -0.4 is 15.4 Å². The third-order valence-electron chi connectivity index (χ3n) is 11.2. The van der Waals surface area contributed by atoms with Gasteiger partial charge in [-0.2, -0.15) is 0 Å². The molecule has 4 aromatic rings. The molecule has 0 radical (unpaired) electrons. The first-order chi connectivity index (χ1) is 26.0. The topological polar surface area (TPSA) is 106 Å². The number of aliphatic hydroxyl groups is 1. The van der Waals surface area contributed by atoms with E-state index in [1.165, 1.54) is 11.1 Å². The first kappa shape index (κ1) is 37.2. The second kappa shape index (κ2) is 17.3. The van der Waals surface area contributed by atoms with Gasteiger partial charge < -0.3 is 39.0 Å². The summed E-state index contributed by atoms with van der Waals surface area (Å²) in [6.45, 7) is 4.67. The Hall–Kier alpha value is -4.12. The molecular weight excluding hydrogens is 666 g/mol. The Balaban J connectivity index is 1.36. The summed E-state index contributed by atoms with van der Waals surface area (Å²) in [6, 6.07) is 21.0. The van der Waals surface area contributed by atoms with Crippen LogP contribution in [-0.4, -0.2) is 66.8 Å². The maximum absolute atomic E-state index is 11.2. The van der Waals surface area contributed by atoms with E-state index in [4.69, 9.17) is 18.9 Å². The number of phenols is 1. The zero-order valence-electron chi connectivity index (χ0n) is 31.2. The average Bonchev–Trinajstić information content (AvgIpc) is 3.63. The lowest BCUT2D eigenvalue weighted by Gasteiger charge is -2.39. The van der Waals surface area contributed by atoms with Crippen LogP contribution in [0.2, 0.25) is 0 Å². The molecule has 4 heterocycles. The first-order valence-corrected chi connectivity index (χ1v) is 19.4. The summed E-state index contributed by atoms with van der Waals surface area (Å²) in [6.07, 6.45) is 15.7. The number of hydrogen-bond donors (Lipinski definition) is 4. The van der Waals surface area contributed by atoms with Crippen LogP contribution in [0.4, 0.5) is 0 Å². The zero-order valence-corrected chi connectivity index (χ0v) is 31.2. The van der Waals surface area contributed by atoms with Crippen molar-refractivity contribution in [3.05, 3.63) is 113 Å². The number of methoxy groups -OCH3 is 1. The minimum atomic E-state index is -0.514. The van der Waals surface area contributed by atoms with E-state index in [0.29, 0.717) is 51.6 Å². The molecule has 9 nitrogen and oxygen atoms in total. The number of unbranched alkanes of at least 4 members (excludes halogenated alkanes) is 2. The zero-order chi connectivity index (χ0) is 36.6. The summed E-state index contributed by atoms with van der Waals surface area (Å²) in [5.74, 6) is 1.47. The van der Waals surface area contributed by atoms with Crippen LogP contribution in [0.15, 0.2) is 90.8 Å². The molecule has 3 aromatic carbocycles. The molecule has 3 atom stereocenters. The first-order valence-electron chi connectivity index (χ1n) is 19.4. The number of fused-ring (bicyclic) bond motifs is 4. The molecule has 1 fully saturated rings. The van der Waals surface area contributed by atoms with E-state index in [2.05, 4.69) is 89.1 Å². The lowest BCUT2D eigenvalue weighted by atomic mass is 9.68. The summed E-state index contributed by atoms with van der Waals surface area (Å²) in [4.78, 5) is 0. The van der Waals surface area contributed by atoms with Gasteiger partial charge in [-0.25, -0.2) is 0 Å². The number of ether oxygens (including phenoxy) is 4. The van der Waals surface area contributed by atoms with E-state index in [1.807, 2.05) is 12.1 Å². The summed E-state index contributed by atoms with van der Waals surface area (Å²) in [7, 11) is 1.68. The molecule has 1 saturated heterocycles. The molecule has 0 aliphatic carbocycles. The van der Waals surface area contributed by atoms with Crippen molar-refractivity contribution in [2.75, 3.05) is 33.7 Å². The number of nitrogens with one attached hydrogen (secondary N) is 2. The Labute approximate surface area is 313 Å². The van der Waals surface area contributed by atoms with E-state index in [9.17, 15) is 10.2 Å². The van der Waals surface area contributed by atoms with Crippen molar-refractivity contribution in [2.24, 2.45) is 0 Å². The van der Waals surface area contributed by atoms with Gasteiger partial charge >= 0.3 is 0 Å². The fraction of sp³-hybridized carbons (Fsp3) is 0.455. The average molecular weight is 722 g/mol. The van der Waals surface area contributed by atoms with Crippen LogP contribution in [0.1, 0.15) is 80.5 Å². The quantitative estimate of drug-likeness (QED) is 0.104. The van der Waals surface area contributed by atoms with Gasteiger partial charge in [-0.05, 0) is 85.1 Å². The van der Waals surface area contributed by atoms with Crippen LogP contribution in [0.3, 0.4) is 0 Å². The predicted octanol–water partition coefficient (Wildman–Crippen LogP) is 7.53. The number of aryl methyl sites for hydroxylation is 1. The van der Waals surface area contributed by atoms with E-state index < -0.39 is 6.10 Å². The third kappa shape index (κ3) is 8.66. The van der Waals surface area contributed by atoms with Crippen LogP contribution in [0.5, 0.6) is 11.5 Å². The number of phenolic OH excluding ortho intramolecular Hbond substituents is 1. The van der Waals surface area contributed by atoms with Gasteiger partial charge in [0.1, 0.15) is 12.4 Å². The van der Waals surface area contributed by atoms with Gasteiger partial charge in [0.15, 0.2) is 11.5 Å². The monoisotopic (exact) mass is 721 g/mol. The fourth-order valence-corrected chi connectivity index (χ4v) is 8.14. The molecule has 1 aromatic heterocycles. The van der Waals surface area contributed by atoms with Crippen molar-refractivity contribution in [1.82, 2.24) is 15.2 Å². The van der Waals surface area contributed by atoms with Crippen molar-refractivity contribution in [2.45, 2.75) is 95.1 Å². The Kier molecular flexibility index (Phi) is 12.2. The number of aromatic nitrogens is 1. The number of aromatic hydroxyl groups is 1. The molecule has 1 unspecified atom stereocenters. The number of nitrogens with zero attached hydrogens (tertiary/aromatic N) is 1. The Morgan fingerprint density at radius 1 is 1.00 bits per heavy atom. The summed E-state index contributed by atoms with van der Waals surface area (Å²) in [5, 5.41) is 31.4. The Bertz CT molecular complexity index is 1880. The van der Waals surface area contributed by atoms with Crippen LogP contribution >= 0.6 is 0 Å². The lowest BCUT2D eigenvalue weighted by molar-refractivity contribution is 0.0171. The molecule has 53 heavy (non-hydrogen) atoms. The standard InChI is InChI=1S/C44H55N3O6/c1-3-4-6-11-38-25-37(48)15-12-31-13-16-40(49)41(22-31)53-29-34-24-36(44(18-20-51-21-19-44)35-9-7-5-8-10-35)23-33-26-47(27-39(33)34)43-32(28-52-38)14-17-42(46-43)45-30-50-2/h5,7-10,13-14,16-17,22-24,26-27,37-38,42,45-46,48-49H,3-4,6,11-12,15,18-21,25,28-30H2,1-2H3/t37-,38+,42?/m1/s1. The second-order valence-corrected chi connectivity index (χ2v) is 14.8. The van der Waals surface area contributed by atoms with Crippen molar-refractivity contribution < 1.29 is 29.2 Å². The molecule has 0 amide bonds. The maximum atomic E-state index is 11.2. The minimum absolute atomic E-state index is 0.0767. The van der Waals surface area contributed by atoms with Gasteiger partial charge in [-0.1, -0.05) is 74.7 Å². The highest BCUT2D eigenvalue weighted by Crippen LogP contribution is 2.43. The van der Waals surface area contributed by atoms with E-state index in [1.54, 1.807) is 13.2 Å². The van der Waals surface area contributed by atoms with Gasteiger partial charge in [-0.3, -0.25) is 5.32 Å². The van der Waals surface area contributed by atoms with Gasteiger partial charge in [0.05, 0.1) is 31.7 Å². The molecule has 4 bridgehead atoms. The van der Waals surface area contributed by atoms with Crippen LogP contribution in [-0.2, 0) is 32.7 Å². The van der Waals surface area contributed by atoms with Gasteiger partial charge in [0.2, 0.25) is 0 Å². The van der Waals surface area contributed by atoms with Crippen molar-refractivity contribution in [1.29, 1.82) is 0 Å². The lowest BCUT2D eigenvalue weighted by Crippen LogP contribution is -2.43. The SMILES string of the molecule is CCCCC[C@H]1C[C@H](O)CCc2ccc(O)c(c2)OCc2cc(C3(c4ccccc4)CCOCC3)cc3cn(cc23)C2=C(C=CC(NCOC)N2)CO1. The summed E-state index contributed by atoms with van der Waals surface area (Å²) >= 11 is 0. The van der Waals surface area contributed by atoms with E-state index in [-0.39, 0.29) is 30.0 Å². The predicted molar refractivity (Wildman–Crippen MR) is 209 cm³/mol. The molecule has 7 rings (SSSR count). The third-order valence-corrected chi connectivity index (χ3v) is 11.2. The van der Waals surface area contributed by atoms with E-state index >= 15 is 0 Å². The fourth-order valence-electron chi connectivity index (χ4n) is 8.14. The highest BCUT2D eigenvalue weighted by atomic mass is 16.5. The van der Waals surface area contributed by atoms with Crippen molar-refractivity contribution in [3.8, 4) is 11.5 Å². The highest BCUT2D eigenvalue weighted by molar-refractivity contribution is 5.88. The smallest absolute Gasteiger partial charge is 0.161 e. The largest absolute Gasteiger partial charge is 0.504 e. The molecule has 9 heteroatoms.